The Morgan fingerprint density at radius 1 is 1.35 bits per heavy atom. The molecule has 0 atom stereocenters. The number of esters is 1. The van der Waals surface area contributed by atoms with Crippen LogP contribution in [0.15, 0.2) is 18.3 Å². The maximum absolute atomic E-state index is 12.7. The van der Waals surface area contributed by atoms with Gasteiger partial charge in [0, 0.05) is 18.3 Å². The minimum Gasteiger partial charge on any atom is -0.465 e. The minimum atomic E-state index is -0.322. The molecular weight excluding hydrogens is 256 g/mol. The van der Waals surface area contributed by atoms with E-state index in [1.807, 2.05) is 22.9 Å². The van der Waals surface area contributed by atoms with Crippen LogP contribution in [0.5, 0.6) is 0 Å². The van der Waals surface area contributed by atoms with E-state index in [0.29, 0.717) is 18.3 Å². The first kappa shape index (κ1) is 13.2. The van der Waals surface area contributed by atoms with Crippen LogP contribution >= 0.6 is 0 Å². The number of ether oxygens (including phenoxy) is 1. The van der Waals surface area contributed by atoms with Gasteiger partial charge in [-0.25, -0.2) is 0 Å². The standard InChI is InChI=1S/C15H20N2O3/c1-2-20-14(18)10-17(12-7-8-12)15(19)13-4-3-9-16(13)11-5-6-11/h3-4,9,11-12H,2,5-8,10H2,1H3. The van der Waals surface area contributed by atoms with Crippen molar-refractivity contribution in [3.8, 4) is 0 Å². The summed E-state index contributed by atoms with van der Waals surface area (Å²) in [5.74, 6) is -0.366. The zero-order chi connectivity index (χ0) is 14.1. The maximum atomic E-state index is 12.7. The fourth-order valence-corrected chi connectivity index (χ4v) is 2.49. The van der Waals surface area contributed by atoms with E-state index in [-0.39, 0.29) is 24.5 Å². The Morgan fingerprint density at radius 3 is 2.70 bits per heavy atom. The van der Waals surface area contributed by atoms with Gasteiger partial charge in [-0.1, -0.05) is 0 Å². The molecule has 1 amide bonds. The summed E-state index contributed by atoms with van der Waals surface area (Å²) in [6.07, 6.45) is 6.19. The molecule has 3 rings (SSSR count). The average molecular weight is 276 g/mol. The van der Waals surface area contributed by atoms with E-state index < -0.39 is 0 Å². The summed E-state index contributed by atoms with van der Waals surface area (Å²) < 4.78 is 7.01. The highest BCUT2D eigenvalue weighted by molar-refractivity contribution is 5.95. The van der Waals surface area contributed by atoms with Gasteiger partial charge >= 0.3 is 5.97 Å². The lowest BCUT2D eigenvalue weighted by atomic mass is 10.3. The summed E-state index contributed by atoms with van der Waals surface area (Å²) in [5.41, 5.74) is 0.698. The average Bonchev–Trinajstić information content (AvgIpc) is 3.35. The Hall–Kier alpha value is -1.78. The normalized spacial score (nSPS) is 17.9. The number of nitrogens with zero attached hydrogens (tertiary/aromatic N) is 2. The second kappa shape index (κ2) is 5.31. The molecule has 2 fully saturated rings. The summed E-state index contributed by atoms with van der Waals surface area (Å²) in [6, 6.07) is 4.42. The fourth-order valence-electron chi connectivity index (χ4n) is 2.49. The second-order valence-electron chi connectivity index (χ2n) is 5.50. The lowest BCUT2D eigenvalue weighted by Gasteiger charge is -2.22. The highest BCUT2D eigenvalue weighted by atomic mass is 16.5. The van der Waals surface area contributed by atoms with E-state index >= 15 is 0 Å². The Morgan fingerprint density at radius 2 is 2.10 bits per heavy atom. The number of hydrogen-bond acceptors (Lipinski definition) is 3. The molecule has 1 aromatic heterocycles. The monoisotopic (exact) mass is 276 g/mol. The predicted octanol–water partition coefficient (Wildman–Crippen LogP) is 1.99. The van der Waals surface area contributed by atoms with Gasteiger partial charge in [0.2, 0.25) is 0 Å². The Kier molecular flexibility index (Phi) is 3.51. The summed E-state index contributed by atoms with van der Waals surface area (Å²) in [6.45, 7) is 2.19. The van der Waals surface area contributed by atoms with Crippen LogP contribution in [0.2, 0.25) is 0 Å². The molecule has 2 aliphatic carbocycles. The third-order valence-electron chi connectivity index (χ3n) is 3.79. The van der Waals surface area contributed by atoms with Crippen molar-refractivity contribution >= 4 is 11.9 Å². The quantitative estimate of drug-likeness (QED) is 0.747. The van der Waals surface area contributed by atoms with Crippen molar-refractivity contribution in [3.05, 3.63) is 24.0 Å². The molecule has 0 saturated heterocycles. The first-order valence-electron chi connectivity index (χ1n) is 7.34. The molecule has 20 heavy (non-hydrogen) atoms. The van der Waals surface area contributed by atoms with Crippen molar-refractivity contribution in [2.75, 3.05) is 13.2 Å². The van der Waals surface area contributed by atoms with Crippen LogP contribution in [0, 0.1) is 0 Å². The molecule has 0 unspecified atom stereocenters. The van der Waals surface area contributed by atoms with E-state index in [9.17, 15) is 9.59 Å². The van der Waals surface area contributed by atoms with Crippen LogP contribution < -0.4 is 0 Å². The molecule has 0 aliphatic heterocycles. The van der Waals surface area contributed by atoms with Crippen molar-refractivity contribution in [2.24, 2.45) is 0 Å². The maximum Gasteiger partial charge on any atom is 0.325 e. The highest BCUT2D eigenvalue weighted by Gasteiger charge is 2.37. The van der Waals surface area contributed by atoms with Gasteiger partial charge < -0.3 is 14.2 Å². The van der Waals surface area contributed by atoms with Crippen molar-refractivity contribution in [1.29, 1.82) is 0 Å². The number of carbonyl (C=O) groups excluding carboxylic acids is 2. The Labute approximate surface area is 118 Å². The Balaban J connectivity index is 1.74. The minimum absolute atomic E-state index is 0.0440. The van der Waals surface area contributed by atoms with Gasteiger partial charge in [0.05, 0.1) is 6.61 Å². The van der Waals surface area contributed by atoms with Gasteiger partial charge in [0.25, 0.3) is 5.91 Å². The van der Waals surface area contributed by atoms with Crippen LogP contribution in [-0.2, 0) is 9.53 Å². The van der Waals surface area contributed by atoms with E-state index in [1.165, 1.54) is 0 Å². The van der Waals surface area contributed by atoms with Gasteiger partial charge in [0.1, 0.15) is 12.2 Å². The van der Waals surface area contributed by atoms with Gasteiger partial charge in [-0.2, -0.15) is 0 Å². The molecule has 1 aromatic rings. The fraction of sp³-hybridized carbons (Fsp3) is 0.600. The second-order valence-corrected chi connectivity index (χ2v) is 5.50. The van der Waals surface area contributed by atoms with Gasteiger partial charge in [0.15, 0.2) is 0 Å². The smallest absolute Gasteiger partial charge is 0.325 e. The van der Waals surface area contributed by atoms with Crippen LogP contribution in [0.3, 0.4) is 0 Å². The lowest BCUT2D eigenvalue weighted by Crippen LogP contribution is -2.39. The zero-order valence-electron chi connectivity index (χ0n) is 11.7. The van der Waals surface area contributed by atoms with E-state index in [0.717, 1.165) is 25.7 Å². The number of hydrogen-bond donors (Lipinski definition) is 0. The molecular formula is C15H20N2O3. The predicted molar refractivity (Wildman–Crippen MR) is 73.4 cm³/mol. The van der Waals surface area contributed by atoms with Crippen molar-refractivity contribution in [1.82, 2.24) is 9.47 Å². The van der Waals surface area contributed by atoms with Crippen LogP contribution in [-0.4, -0.2) is 40.5 Å². The van der Waals surface area contributed by atoms with Crippen LogP contribution in [0.4, 0.5) is 0 Å². The molecule has 0 aromatic carbocycles. The third kappa shape index (κ3) is 2.71. The molecule has 108 valence electrons. The summed E-state index contributed by atoms with van der Waals surface area (Å²) >= 11 is 0. The van der Waals surface area contributed by atoms with E-state index in [1.54, 1.807) is 11.8 Å². The number of rotatable bonds is 6. The molecule has 2 aliphatic rings. The van der Waals surface area contributed by atoms with Crippen molar-refractivity contribution < 1.29 is 14.3 Å². The number of aromatic nitrogens is 1. The molecule has 0 N–H and O–H groups in total. The van der Waals surface area contributed by atoms with Crippen molar-refractivity contribution in [3.63, 3.8) is 0 Å². The largest absolute Gasteiger partial charge is 0.465 e. The summed E-state index contributed by atoms with van der Waals surface area (Å²) in [4.78, 5) is 26.0. The van der Waals surface area contributed by atoms with Crippen LogP contribution in [0.25, 0.3) is 0 Å². The SMILES string of the molecule is CCOC(=O)CN(C(=O)c1cccn1C1CC1)C1CC1. The topological polar surface area (TPSA) is 51.5 Å². The zero-order valence-corrected chi connectivity index (χ0v) is 11.7. The lowest BCUT2D eigenvalue weighted by molar-refractivity contribution is -0.144. The van der Waals surface area contributed by atoms with E-state index in [2.05, 4.69) is 0 Å². The molecule has 0 bridgehead atoms. The van der Waals surface area contributed by atoms with Crippen LogP contribution in [0.1, 0.15) is 49.1 Å². The number of amides is 1. The molecule has 0 radical (unpaired) electrons. The third-order valence-corrected chi connectivity index (χ3v) is 3.79. The van der Waals surface area contributed by atoms with Crippen molar-refractivity contribution in [2.45, 2.75) is 44.7 Å². The first-order chi connectivity index (χ1) is 9.70. The van der Waals surface area contributed by atoms with Gasteiger partial charge in [-0.05, 0) is 44.7 Å². The van der Waals surface area contributed by atoms with E-state index in [4.69, 9.17) is 4.74 Å². The molecule has 5 nitrogen and oxygen atoms in total. The highest BCUT2D eigenvalue weighted by Crippen LogP contribution is 2.37. The van der Waals surface area contributed by atoms with Gasteiger partial charge in [-0.15, -0.1) is 0 Å². The summed E-state index contributed by atoms with van der Waals surface area (Å²) in [5, 5.41) is 0. The Bertz CT molecular complexity index is 515. The molecule has 1 heterocycles. The summed E-state index contributed by atoms with van der Waals surface area (Å²) in [7, 11) is 0. The first-order valence-corrected chi connectivity index (χ1v) is 7.34. The molecule has 2 saturated carbocycles. The molecule has 0 spiro atoms. The molecule has 5 heteroatoms. The van der Waals surface area contributed by atoms with Gasteiger partial charge in [-0.3, -0.25) is 9.59 Å². The number of carbonyl (C=O) groups is 2.